The van der Waals surface area contributed by atoms with Gasteiger partial charge < -0.3 is 0 Å². The monoisotopic (exact) mass is 310 g/mol. The van der Waals surface area contributed by atoms with E-state index in [4.69, 9.17) is 36.8 Å². The first-order valence-corrected chi connectivity index (χ1v) is 7.69. The van der Waals surface area contributed by atoms with Crippen LogP contribution in [-0.4, -0.2) is 17.5 Å². The van der Waals surface area contributed by atoms with Crippen molar-refractivity contribution in [1.82, 2.24) is 0 Å². The molecular weight excluding hydrogens is 298 g/mol. The molecule has 1 fully saturated rings. The molecule has 1 heterocycles. The SMILES string of the molecule is CCO[P@@]1(=O)OCC(Cl)(Cl)[C@@H](c2ccccc2)O1. The summed E-state index contributed by atoms with van der Waals surface area (Å²) in [5.74, 6) is 0. The van der Waals surface area contributed by atoms with Gasteiger partial charge in [0.1, 0.15) is 6.10 Å². The van der Waals surface area contributed by atoms with Crippen molar-refractivity contribution in [2.75, 3.05) is 13.2 Å². The van der Waals surface area contributed by atoms with Crippen LogP contribution in [0.3, 0.4) is 0 Å². The van der Waals surface area contributed by atoms with E-state index >= 15 is 0 Å². The molecule has 1 saturated heterocycles. The van der Waals surface area contributed by atoms with E-state index in [0.29, 0.717) is 0 Å². The lowest BCUT2D eigenvalue weighted by Crippen LogP contribution is -2.35. The van der Waals surface area contributed by atoms with Crippen LogP contribution in [0.25, 0.3) is 0 Å². The van der Waals surface area contributed by atoms with E-state index in [9.17, 15) is 4.57 Å². The van der Waals surface area contributed by atoms with E-state index in [1.165, 1.54) is 0 Å². The van der Waals surface area contributed by atoms with E-state index in [0.717, 1.165) is 5.56 Å². The van der Waals surface area contributed by atoms with Gasteiger partial charge >= 0.3 is 7.82 Å². The Morgan fingerprint density at radius 2 is 2.11 bits per heavy atom. The van der Waals surface area contributed by atoms with Crippen LogP contribution >= 0.6 is 31.0 Å². The average Bonchev–Trinajstić information content (AvgIpc) is 2.34. The second kappa shape index (κ2) is 5.49. The van der Waals surface area contributed by atoms with E-state index in [2.05, 4.69) is 0 Å². The van der Waals surface area contributed by atoms with Gasteiger partial charge in [0, 0.05) is 0 Å². The zero-order chi connectivity index (χ0) is 13.2. The van der Waals surface area contributed by atoms with Crippen LogP contribution in [0, 0.1) is 0 Å². The molecule has 2 rings (SSSR count). The minimum Gasteiger partial charge on any atom is -0.287 e. The number of hydrogen-bond acceptors (Lipinski definition) is 4. The molecule has 0 saturated carbocycles. The van der Waals surface area contributed by atoms with Gasteiger partial charge in [0.05, 0.1) is 13.2 Å². The Balaban J connectivity index is 2.28. The number of benzene rings is 1. The number of halogens is 2. The van der Waals surface area contributed by atoms with Crippen LogP contribution in [0.2, 0.25) is 0 Å². The highest BCUT2D eigenvalue weighted by molar-refractivity contribution is 7.48. The number of rotatable bonds is 3. The Labute approximate surface area is 116 Å². The highest BCUT2D eigenvalue weighted by Crippen LogP contribution is 2.61. The normalized spacial score (nSPS) is 31.2. The van der Waals surface area contributed by atoms with Crippen LogP contribution in [0.15, 0.2) is 30.3 Å². The zero-order valence-electron chi connectivity index (χ0n) is 9.71. The fourth-order valence-corrected chi connectivity index (χ4v) is 3.80. The summed E-state index contributed by atoms with van der Waals surface area (Å²) in [5, 5.41) is 0. The van der Waals surface area contributed by atoms with Crippen LogP contribution in [0.5, 0.6) is 0 Å². The Hall–Kier alpha value is -0.0900. The minimum atomic E-state index is -3.58. The lowest BCUT2D eigenvalue weighted by Gasteiger charge is -2.37. The summed E-state index contributed by atoms with van der Waals surface area (Å²) < 4.78 is 26.2. The standard InChI is InChI=1S/C11H13Cl2O4P/c1-2-15-18(14)16-8-11(12,13)10(17-18)9-6-4-3-5-7-9/h3-7,10H,2,8H2,1H3/t10-,18+/m1/s1. The van der Waals surface area contributed by atoms with Crippen molar-refractivity contribution < 1.29 is 18.1 Å². The molecule has 0 bridgehead atoms. The maximum absolute atomic E-state index is 12.1. The average molecular weight is 311 g/mol. The number of hydrogen-bond donors (Lipinski definition) is 0. The second-order valence-electron chi connectivity index (χ2n) is 3.80. The van der Waals surface area contributed by atoms with Gasteiger partial charge in [0.25, 0.3) is 0 Å². The van der Waals surface area contributed by atoms with Crippen molar-refractivity contribution in [2.45, 2.75) is 17.4 Å². The topological polar surface area (TPSA) is 44.8 Å². The molecule has 7 heteroatoms. The summed E-state index contributed by atoms with van der Waals surface area (Å²) in [5.41, 5.74) is 0.728. The summed E-state index contributed by atoms with van der Waals surface area (Å²) in [6.45, 7) is 1.80. The fourth-order valence-electron chi connectivity index (χ4n) is 1.64. The Bertz CT molecular complexity index is 452. The molecule has 0 aliphatic carbocycles. The summed E-state index contributed by atoms with van der Waals surface area (Å²) in [4.78, 5) is 0. The highest BCUT2D eigenvalue weighted by Gasteiger charge is 2.49. The first kappa shape index (κ1) is 14.3. The molecule has 0 amide bonds. The van der Waals surface area contributed by atoms with Gasteiger partial charge in [-0.2, -0.15) is 0 Å². The third-order valence-electron chi connectivity index (χ3n) is 2.42. The van der Waals surface area contributed by atoms with Gasteiger partial charge in [-0.1, -0.05) is 53.5 Å². The van der Waals surface area contributed by atoms with Gasteiger partial charge in [-0.3, -0.25) is 13.6 Å². The number of phosphoric ester groups is 1. The maximum atomic E-state index is 12.1. The van der Waals surface area contributed by atoms with Crippen molar-refractivity contribution in [3.05, 3.63) is 35.9 Å². The van der Waals surface area contributed by atoms with Gasteiger partial charge in [-0.25, -0.2) is 4.57 Å². The van der Waals surface area contributed by atoms with Crippen molar-refractivity contribution in [2.24, 2.45) is 0 Å². The quantitative estimate of drug-likeness (QED) is 0.623. The molecule has 4 nitrogen and oxygen atoms in total. The molecule has 1 aliphatic rings. The molecule has 0 unspecified atom stereocenters. The van der Waals surface area contributed by atoms with E-state index < -0.39 is 18.3 Å². The van der Waals surface area contributed by atoms with Crippen LogP contribution in [0.4, 0.5) is 0 Å². The summed E-state index contributed by atoms with van der Waals surface area (Å²) in [6, 6.07) is 9.10. The first-order chi connectivity index (χ1) is 8.47. The predicted molar refractivity (Wildman–Crippen MR) is 69.9 cm³/mol. The molecule has 1 aromatic carbocycles. The molecule has 1 aliphatic heterocycles. The lowest BCUT2D eigenvalue weighted by molar-refractivity contribution is 0.0230. The molecule has 0 N–H and O–H groups in total. The molecule has 18 heavy (non-hydrogen) atoms. The third-order valence-corrected chi connectivity index (χ3v) is 4.53. The van der Waals surface area contributed by atoms with Crippen molar-refractivity contribution in [1.29, 1.82) is 0 Å². The summed E-state index contributed by atoms with van der Waals surface area (Å²) >= 11 is 12.3. The van der Waals surface area contributed by atoms with E-state index in [1.807, 2.05) is 18.2 Å². The van der Waals surface area contributed by atoms with Gasteiger partial charge in [0.2, 0.25) is 0 Å². The van der Waals surface area contributed by atoms with Gasteiger partial charge in [-0.05, 0) is 12.5 Å². The Morgan fingerprint density at radius 3 is 2.72 bits per heavy atom. The van der Waals surface area contributed by atoms with E-state index in [1.54, 1.807) is 19.1 Å². The third kappa shape index (κ3) is 3.08. The predicted octanol–water partition coefficient (Wildman–Crippen LogP) is 4.09. The van der Waals surface area contributed by atoms with Crippen molar-refractivity contribution >= 4 is 31.0 Å². The minimum absolute atomic E-state index is 0.118. The molecule has 1 aromatic rings. The number of phosphoric acid groups is 1. The van der Waals surface area contributed by atoms with Gasteiger partial charge in [-0.15, -0.1) is 0 Å². The smallest absolute Gasteiger partial charge is 0.287 e. The Kier molecular flexibility index (Phi) is 4.37. The van der Waals surface area contributed by atoms with Gasteiger partial charge in [0.15, 0.2) is 4.33 Å². The fraction of sp³-hybridized carbons (Fsp3) is 0.455. The Morgan fingerprint density at radius 1 is 1.44 bits per heavy atom. The summed E-state index contributed by atoms with van der Waals surface area (Å²) in [6.07, 6.45) is -0.756. The molecule has 0 radical (unpaired) electrons. The van der Waals surface area contributed by atoms with Crippen molar-refractivity contribution in [3.63, 3.8) is 0 Å². The maximum Gasteiger partial charge on any atom is 0.475 e. The molecule has 2 atom stereocenters. The first-order valence-electron chi connectivity index (χ1n) is 5.47. The lowest BCUT2D eigenvalue weighted by atomic mass is 10.1. The molecule has 100 valence electrons. The van der Waals surface area contributed by atoms with Crippen LogP contribution < -0.4 is 0 Å². The molecule has 0 aromatic heterocycles. The van der Waals surface area contributed by atoms with Crippen molar-refractivity contribution in [3.8, 4) is 0 Å². The summed E-state index contributed by atoms with van der Waals surface area (Å²) in [7, 11) is -3.58. The molecular formula is C11H13Cl2O4P. The van der Waals surface area contributed by atoms with Crippen LogP contribution in [-0.2, 0) is 18.1 Å². The highest BCUT2D eigenvalue weighted by atomic mass is 35.5. The second-order valence-corrected chi connectivity index (χ2v) is 6.96. The van der Waals surface area contributed by atoms with Crippen LogP contribution in [0.1, 0.15) is 18.6 Å². The van der Waals surface area contributed by atoms with E-state index in [-0.39, 0.29) is 13.2 Å². The molecule has 0 spiro atoms. The largest absolute Gasteiger partial charge is 0.475 e. The number of alkyl halides is 2. The zero-order valence-corrected chi connectivity index (χ0v) is 12.1.